The van der Waals surface area contributed by atoms with E-state index in [1.165, 1.54) is 50.6 Å². The molecule has 1 aromatic carbocycles. The van der Waals surface area contributed by atoms with Crippen LogP contribution in [0.5, 0.6) is 0 Å². The summed E-state index contributed by atoms with van der Waals surface area (Å²) in [6.45, 7) is 4.40. The molecule has 0 spiro atoms. The number of para-hydroxylation sites is 1. The van der Waals surface area contributed by atoms with Crippen LogP contribution in [0.3, 0.4) is 0 Å². The smallest absolute Gasteiger partial charge is 0.0826 e. The predicted molar refractivity (Wildman–Crippen MR) is 86.2 cm³/mol. The van der Waals surface area contributed by atoms with Crippen LogP contribution in [0.2, 0.25) is 0 Å². The summed E-state index contributed by atoms with van der Waals surface area (Å²) in [6.07, 6.45) is 10.1. The molecule has 1 unspecified atom stereocenters. The lowest BCUT2D eigenvalue weighted by molar-refractivity contribution is 0.164. The topological polar surface area (TPSA) is 23.5 Å². The summed E-state index contributed by atoms with van der Waals surface area (Å²) in [5, 5.41) is 10.0. The van der Waals surface area contributed by atoms with Crippen LogP contribution in [-0.2, 0) is 0 Å². The first kappa shape index (κ1) is 15.4. The van der Waals surface area contributed by atoms with Gasteiger partial charge in [-0.3, -0.25) is 0 Å². The van der Waals surface area contributed by atoms with Crippen LogP contribution in [0.25, 0.3) is 0 Å². The molecule has 2 rings (SSSR count). The van der Waals surface area contributed by atoms with Gasteiger partial charge in [-0.2, -0.15) is 0 Å². The molecule has 0 aliphatic carbocycles. The maximum absolute atomic E-state index is 10.0. The van der Waals surface area contributed by atoms with E-state index in [9.17, 15) is 5.11 Å². The van der Waals surface area contributed by atoms with E-state index >= 15 is 0 Å². The molecule has 1 atom stereocenters. The third-order valence-corrected chi connectivity index (χ3v) is 4.34. The van der Waals surface area contributed by atoms with Gasteiger partial charge in [0.25, 0.3) is 0 Å². The number of anilines is 1. The van der Waals surface area contributed by atoms with E-state index in [0.29, 0.717) is 0 Å². The number of fused-ring (bicyclic) bond motifs is 1. The van der Waals surface area contributed by atoms with Crippen LogP contribution in [0, 0.1) is 0 Å². The van der Waals surface area contributed by atoms with Gasteiger partial charge in [0.05, 0.1) is 6.10 Å². The van der Waals surface area contributed by atoms with Crippen molar-refractivity contribution in [2.24, 2.45) is 0 Å². The number of rotatable bonds is 8. The average Bonchev–Trinajstić information content (AvgIpc) is 2.49. The zero-order chi connectivity index (χ0) is 14.2. The molecule has 20 heavy (non-hydrogen) atoms. The van der Waals surface area contributed by atoms with Gasteiger partial charge in [-0.1, -0.05) is 63.6 Å². The van der Waals surface area contributed by atoms with Gasteiger partial charge in [-0.25, -0.2) is 0 Å². The highest BCUT2D eigenvalue weighted by Crippen LogP contribution is 2.33. The third-order valence-electron chi connectivity index (χ3n) is 4.34. The molecule has 1 N–H and O–H groups in total. The van der Waals surface area contributed by atoms with Crippen LogP contribution >= 0.6 is 0 Å². The van der Waals surface area contributed by atoms with Crippen LogP contribution in [-0.4, -0.2) is 18.2 Å². The van der Waals surface area contributed by atoms with Crippen molar-refractivity contribution in [2.75, 3.05) is 18.0 Å². The monoisotopic (exact) mass is 275 g/mol. The Morgan fingerprint density at radius 1 is 1.05 bits per heavy atom. The fraction of sp³-hybridized carbons (Fsp3) is 0.667. The maximum atomic E-state index is 10.0. The Morgan fingerprint density at radius 2 is 1.75 bits per heavy atom. The van der Waals surface area contributed by atoms with E-state index in [0.717, 1.165) is 25.1 Å². The zero-order valence-corrected chi connectivity index (χ0v) is 12.9. The molecule has 112 valence electrons. The number of unbranched alkanes of at least 4 members (excludes halogenated alkanes) is 6. The number of benzene rings is 1. The molecule has 1 aromatic rings. The minimum Gasteiger partial charge on any atom is -0.388 e. The molecule has 0 fully saturated rings. The van der Waals surface area contributed by atoms with E-state index in [1.54, 1.807) is 0 Å². The first-order chi connectivity index (χ1) is 9.83. The van der Waals surface area contributed by atoms with Gasteiger partial charge in [0.1, 0.15) is 0 Å². The Balaban J connectivity index is 1.73. The first-order valence-electron chi connectivity index (χ1n) is 8.35. The van der Waals surface area contributed by atoms with Crippen LogP contribution in [0.15, 0.2) is 24.3 Å². The number of hydrogen-bond acceptors (Lipinski definition) is 2. The predicted octanol–water partition coefficient (Wildman–Crippen LogP) is 4.68. The summed E-state index contributed by atoms with van der Waals surface area (Å²) < 4.78 is 0. The van der Waals surface area contributed by atoms with Crippen molar-refractivity contribution in [1.29, 1.82) is 0 Å². The number of aliphatic hydroxyl groups excluding tert-OH is 1. The van der Waals surface area contributed by atoms with E-state index in [2.05, 4.69) is 30.0 Å². The van der Waals surface area contributed by atoms with Gasteiger partial charge >= 0.3 is 0 Å². The Bertz CT molecular complexity index is 391. The SMILES string of the molecule is CCCCCCCCCN1CCC(O)c2ccccc21. The number of hydrogen-bond donors (Lipinski definition) is 1. The van der Waals surface area contributed by atoms with Gasteiger partial charge in [0.2, 0.25) is 0 Å². The number of nitrogens with zero attached hydrogens (tertiary/aromatic N) is 1. The maximum Gasteiger partial charge on any atom is 0.0826 e. The average molecular weight is 275 g/mol. The van der Waals surface area contributed by atoms with Crippen LogP contribution in [0.1, 0.15) is 70.0 Å². The molecule has 2 heteroatoms. The molecule has 2 nitrogen and oxygen atoms in total. The summed E-state index contributed by atoms with van der Waals surface area (Å²) in [5.41, 5.74) is 2.36. The lowest BCUT2D eigenvalue weighted by Gasteiger charge is -2.33. The minimum absolute atomic E-state index is 0.267. The Morgan fingerprint density at radius 3 is 2.55 bits per heavy atom. The van der Waals surface area contributed by atoms with Crippen molar-refractivity contribution in [2.45, 2.75) is 64.4 Å². The highest BCUT2D eigenvalue weighted by atomic mass is 16.3. The lowest BCUT2D eigenvalue weighted by Crippen LogP contribution is -2.32. The first-order valence-corrected chi connectivity index (χ1v) is 8.35. The molecule has 0 aromatic heterocycles. The highest BCUT2D eigenvalue weighted by molar-refractivity contribution is 5.56. The largest absolute Gasteiger partial charge is 0.388 e. The van der Waals surface area contributed by atoms with Crippen molar-refractivity contribution < 1.29 is 5.11 Å². The van der Waals surface area contributed by atoms with Gasteiger partial charge in [0, 0.05) is 24.3 Å². The fourth-order valence-corrected chi connectivity index (χ4v) is 3.10. The third kappa shape index (κ3) is 4.24. The molecule has 1 aliphatic rings. The second-order valence-electron chi connectivity index (χ2n) is 5.97. The van der Waals surface area contributed by atoms with E-state index < -0.39 is 0 Å². The van der Waals surface area contributed by atoms with Crippen molar-refractivity contribution in [1.82, 2.24) is 0 Å². The molecular formula is C18H29NO. The summed E-state index contributed by atoms with van der Waals surface area (Å²) in [6, 6.07) is 8.32. The van der Waals surface area contributed by atoms with Gasteiger partial charge in [-0.05, 0) is 18.9 Å². The molecule has 1 heterocycles. The highest BCUT2D eigenvalue weighted by Gasteiger charge is 2.22. The lowest BCUT2D eigenvalue weighted by atomic mass is 9.98. The summed E-state index contributed by atoms with van der Waals surface area (Å²) in [4.78, 5) is 2.45. The zero-order valence-electron chi connectivity index (χ0n) is 12.9. The van der Waals surface area contributed by atoms with Gasteiger partial charge in [0.15, 0.2) is 0 Å². The summed E-state index contributed by atoms with van der Waals surface area (Å²) >= 11 is 0. The minimum atomic E-state index is -0.267. The van der Waals surface area contributed by atoms with E-state index in [4.69, 9.17) is 0 Å². The summed E-state index contributed by atoms with van der Waals surface area (Å²) in [7, 11) is 0. The fourth-order valence-electron chi connectivity index (χ4n) is 3.10. The van der Waals surface area contributed by atoms with Crippen molar-refractivity contribution in [3.05, 3.63) is 29.8 Å². The molecule has 0 radical (unpaired) electrons. The normalized spacial score (nSPS) is 18.1. The molecule has 0 saturated carbocycles. The van der Waals surface area contributed by atoms with Crippen molar-refractivity contribution in [3.63, 3.8) is 0 Å². The van der Waals surface area contributed by atoms with Crippen molar-refractivity contribution in [3.8, 4) is 0 Å². The van der Waals surface area contributed by atoms with E-state index in [1.807, 2.05) is 6.07 Å². The Hall–Kier alpha value is -1.02. The molecular weight excluding hydrogens is 246 g/mol. The second kappa shape index (κ2) is 8.31. The Labute approximate surface area is 123 Å². The molecule has 0 bridgehead atoms. The van der Waals surface area contributed by atoms with Crippen LogP contribution < -0.4 is 4.90 Å². The van der Waals surface area contributed by atoms with Crippen molar-refractivity contribution >= 4 is 5.69 Å². The standard InChI is InChI=1S/C18H29NO/c1-2-3-4-5-6-7-10-14-19-15-13-18(20)16-11-8-9-12-17(16)19/h8-9,11-12,18,20H,2-7,10,13-15H2,1H3. The van der Waals surface area contributed by atoms with Gasteiger partial charge < -0.3 is 10.0 Å². The molecule has 0 saturated heterocycles. The second-order valence-corrected chi connectivity index (χ2v) is 5.97. The number of aliphatic hydroxyl groups is 1. The molecule has 1 aliphatic heterocycles. The Kier molecular flexibility index (Phi) is 6.38. The van der Waals surface area contributed by atoms with E-state index in [-0.39, 0.29) is 6.10 Å². The quantitative estimate of drug-likeness (QED) is 0.696. The van der Waals surface area contributed by atoms with Gasteiger partial charge in [-0.15, -0.1) is 0 Å². The summed E-state index contributed by atoms with van der Waals surface area (Å²) in [5.74, 6) is 0. The molecule has 0 amide bonds. The van der Waals surface area contributed by atoms with Crippen LogP contribution in [0.4, 0.5) is 5.69 Å².